The highest BCUT2D eigenvalue weighted by Crippen LogP contribution is 2.13. The van der Waals surface area contributed by atoms with Crippen molar-refractivity contribution in [1.29, 1.82) is 0 Å². The molecule has 0 bridgehead atoms. The minimum Gasteiger partial charge on any atom is -0.303 e. The zero-order valence-corrected chi connectivity index (χ0v) is 10.5. The summed E-state index contributed by atoms with van der Waals surface area (Å²) in [6.45, 7) is 4.25. The van der Waals surface area contributed by atoms with Crippen LogP contribution >= 0.6 is 0 Å². The van der Waals surface area contributed by atoms with Gasteiger partial charge in [0, 0.05) is 19.5 Å². The van der Waals surface area contributed by atoms with Crippen LogP contribution < -0.4 is 5.32 Å². The van der Waals surface area contributed by atoms with Crippen LogP contribution in [0.4, 0.5) is 0 Å². The van der Waals surface area contributed by atoms with E-state index in [1.165, 1.54) is 17.7 Å². The molecule has 1 rings (SSSR count). The first-order valence-corrected chi connectivity index (χ1v) is 6.12. The summed E-state index contributed by atoms with van der Waals surface area (Å²) in [5.41, 5.74) is 0. The number of imide groups is 1. The van der Waals surface area contributed by atoms with Crippen LogP contribution in [0.1, 0.15) is 46.0 Å². The minimum atomic E-state index is -0.172. The van der Waals surface area contributed by atoms with Crippen molar-refractivity contribution in [1.82, 2.24) is 10.2 Å². The standard InChI is InChI=1S/C12H22N2O2/c1-4-5-6-9(2)13-10-7-8-11(15)14(3)12(10)16/h9-10,13H,4-8H2,1-3H3. The second-order valence-corrected chi connectivity index (χ2v) is 4.59. The van der Waals surface area contributed by atoms with Crippen molar-refractivity contribution in [3.63, 3.8) is 0 Å². The molecule has 0 saturated carbocycles. The normalized spacial score (nSPS) is 23.7. The first kappa shape index (κ1) is 13.2. The number of likely N-dealkylation sites (tertiary alicyclic amines) is 1. The van der Waals surface area contributed by atoms with Gasteiger partial charge >= 0.3 is 0 Å². The highest BCUT2D eigenvalue weighted by atomic mass is 16.2. The smallest absolute Gasteiger partial charge is 0.246 e. The van der Waals surface area contributed by atoms with E-state index >= 15 is 0 Å². The van der Waals surface area contributed by atoms with E-state index < -0.39 is 0 Å². The van der Waals surface area contributed by atoms with Crippen LogP contribution in [0, 0.1) is 0 Å². The van der Waals surface area contributed by atoms with Crippen molar-refractivity contribution in [2.24, 2.45) is 0 Å². The Bertz CT molecular complexity index is 266. The van der Waals surface area contributed by atoms with E-state index in [4.69, 9.17) is 0 Å². The minimum absolute atomic E-state index is 0.0655. The molecule has 2 amide bonds. The van der Waals surface area contributed by atoms with Gasteiger partial charge in [-0.15, -0.1) is 0 Å². The van der Waals surface area contributed by atoms with Crippen molar-refractivity contribution in [2.75, 3.05) is 7.05 Å². The van der Waals surface area contributed by atoms with Crippen LogP contribution in [0.5, 0.6) is 0 Å². The van der Waals surface area contributed by atoms with Gasteiger partial charge in [-0.3, -0.25) is 14.5 Å². The Morgan fingerprint density at radius 1 is 1.50 bits per heavy atom. The van der Waals surface area contributed by atoms with Gasteiger partial charge < -0.3 is 5.32 Å². The molecule has 4 heteroatoms. The molecule has 0 radical (unpaired) electrons. The molecule has 0 aromatic carbocycles. The number of carbonyl (C=O) groups excluding carboxylic acids is 2. The Hall–Kier alpha value is -0.900. The molecule has 2 atom stereocenters. The van der Waals surface area contributed by atoms with E-state index in [1.807, 2.05) is 0 Å². The van der Waals surface area contributed by atoms with Gasteiger partial charge in [-0.25, -0.2) is 0 Å². The van der Waals surface area contributed by atoms with E-state index in [-0.39, 0.29) is 17.9 Å². The monoisotopic (exact) mass is 226 g/mol. The van der Waals surface area contributed by atoms with E-state index in [1.54, 1.807) is 7.05 Å². The summed E-state index contributed by atoms with van der Waals surface area (Å²) in [4.78, 5) is 24.3. The molecule has 0 aliphatic carbocycles. The number of hydrogen-bond donors (Lipinski definition) is 1. The van der Waals surface area contributed by atoms with Crippen molar-refractivity contribution in [3.8, 4) is 0 Å². The van der Waals surface area contributed by atoms with Crippen molar-refractivity contribution < 1.29 is 9.59 Å². The third-order valence-electron chi connectivity index (χ3n) is 3.13. The largest absolute Gasteiger partial charge is 0.303 e. The predicted octanol–water partition coefficient (Wildman–Crippen LogP) is 1.30. The fraction of sp³-hybridized carbons (Fsp3) is 0.833. The van der Waals surface area contributed by atoms with Crippen molar-refractivity contribution >= 4 is 11.8 Å². The summed E-state index contributed by atoms with van der Waals surface area (Å²) in [6, 6.07) is 0.171. The van der Waals surface area contributed by atoms with Gasteiger partial charge in [-0.2, -0.15) is 0 Å². The number of unbranched alkanes of at least 4 members (excludes halogenated alkanes) is 1. The second-order valence-electron chi connectivity index (χ2n) is 4.59. The maximum atomic E-state index is 11.8. The van der Waals surface area contributed by atoms with Gasteiger partial charge in [0.05, 0.1) is 6.04 Å². The molecule has 1 fully saturated rings. The topological polar surface area (TPSA) is 49.4 Å². The Kier molecular flexibility index (Phi) is 4.93. The summed E-state index contributed by atoms with van der Waals surface area (Å²) >= 11 is 0. The number of hydrogen-bond acceptors (Lipinski definition) is 3. The third kappa shape index (κ3) is 3.30. The van der Waals surface area contributed by atoms with Gasteiger partial charge in [0.1, 0.15) is 0 Å². The van der Waals surface area contributed by atoms with Gasteiger partial charge in [-0.1, -0.05) is 19.8 Å². The number of likely N-dealkylation sites (N-methyl/N-ethyl adjacent to an activating group) is 1. The predicted molar refractivity (Wildman–Crippen MR) is 62.9 cm³/mol. The first-order chi connectivity index (χ1) is 7.56. The molecule has 1 aliphatic heterocycles. The molecule has 1 aliphatic rings. The van der Waals surface area contributed by atoms with Crippen LogP contribution in [-0.4, -0.2) is 35.8 Å². The Morgan fingerprint density at radius 2 is 2.19 bits per heavy atom. The average Bonchev–Trinajstić information content (AvgIpc) is 2.27. The Balaban J connectivity index is 2.42. The van der Waals surface area contributed by atoms with Crippen LogP contribution in [0.15, 0.2) is 0 Å². The first-order valence-electron chi connectivity index (χ1n) is 6.12. The summed E-state index contributed by atoms with van der Waals surface area (Å²) in [5.74, 6) is -0.149. The molecule has 4 nitrogen and oxygen atoms in total. The van der Waals surface area contributed by atoms with Crippen LogP contribution in [-0.2, 0) is 9.59 Å². The van der Waals surface area contributed by atoms with E-state index in [2.05, 4.69) is 19.2 Å². The highest BCUT2D eigenvalue weighted by molar-refractivity contribution is 6.00. The molecular weight excluding hydrogens is 204 g/mol. The lowest BCUT2D eigenvalue weighted by molar-refractivity contribution is -0.148. The molecular formula is C12H22N2O2. The zero-order valence-electron chi connectivity index (χ0n) is 10.5. The van der Waals surface area contributed by atoms with Crippen LogP contribution in [0.2, 0.25) is 0 Å². The van der Waals surface area contributed by atoms with E-state index in [0.717, 1.165) is 6.42 Å². The lowest BCUT2D eigenvalue weighted by atomic mass is 10.0. The molecule has 16 heavy (non-hydrogen) atoms. The molecule has 1 heterocycles. The number of amides is 2. The van der Waals surface area contributed by atoms with E-state index in [0.29, 0.717) is 18.9 Å². The third-order valence-corrected chi connectivity index (χ3v) is 3.13. The van der Waals surface area contributed by atoms with E-state index in [9.17, 15) is 9.59 Å². The van der Waals surface area contributed by atoms with Gasteiger partial charge in [0.15, 0.2) is 0 Å². The molecule has 0 spiro atoms. The lowest BCUT2D eigenvalue weighted by Crippen LogP contribution is -2.53. The zero-order chi connectivity index (χ0) is 12.1. The molecule has 0 aromatic rings. The lowest BCUT2D eigenvalue weighted by Gasteiger charge is -2.30. The van der Waals surface area contributed by atoms with Crippen molar-refractivity contribution in [3.05, 3.63) is 0 Å². The highest BCUT2D eigenvalue weighted by Gasteiger charge is 2.31. The maximum absolute atomic E-state index is 11.8. The van der Waals surface area contributed by atoms with Crippen LogP contribution in [0.25, 0.3) is 0 Å². The number of piperidine rings is 1. The summed E-state index contributed by atoms with van der Waals surface area (Å²) in [6.07, 6.45) is 4.53. The number of nitrogens with zero attached hydrogens (tertiary/aromatic N) is 1. The number of carbonyl (C=O) groups is 2. The number of rotatable bonds is 5. The molecule has 1 N–H and O–H groups in total. The van der Waals surface area contributed by atoms with Gasteiger partial charge in [-0.05, 0) is 19.8 Å². The molecule has 1 saturated heterocycles. The summed E-state index contributed by atoms with van der Waals surface area (Å²) < 4.78 is 0. The quantitative estimate of drug-likeness (QED) is 0.719. The maximum Gasteiger partial charge on any atom is 0.246 e. The average molecular weight is 226 g/mol. The molecule has 92 valence electrons. The molecule has 2 unspecified atom stereocenters. The van der Waals surface area contributed by atoms with Gasteiger partial charge in [0.25, 0.3) is 0 Å². The number of nitrogens with one attached hydrogen (secondary N) is 1. The van der Waals surface area contributed by atoms with Gasteiger partial charge in [0.2, 0.25) is 11.8 Å². The summed E-state index contributed by atoms with van der Waals surface area (Å²) in [7, 11) is 1.56. The SMILES string of the molecule is CCCCC(C)NC1CCC(=O)N(C)C1=O. The van der Waals surface area contributed by atoms with Crippen LogP contribution in [0.3, 0.4) is 0 Å². The Morgan fingerprint density at radius 3 is 2.81 bits per heavy atom. The molecule has 0 aromatic heterocycles. The second kappa shape index (κ2) is 5.99. The van der Waals surface area contributed by atoms with Crippen molar-refractivity contribution in [2.45, 2.75) is 58.0 Å². The summed E-state index contributed by atoms with van der Waals surface area (Å²) in [5, 5.41) is 3.31. The Labute approximate surface area is 97.4 Å². The fourth-order valence-electron chi connectivity index (χ4n) is 2.01. The fourth-order valence-corrected chi connectivity index (χ4v) is 2.01.